The van der Waals surface area contributed by atoms with Crippen LogP contribution in [-0.2, 0) is 0 Å². The number of aromatic nitrogens is 2. The number of rotatable bonds is 4. The lowest BCUT2D eigenvalue weighted by Gasteiger charge is -2.35. The van der Waals surface area contributed by atoms with Crippen molar-refractivity contribution >= 4 is 17.1 Å². The number of amides is 2. The standard InChI is InChI=1S/C27H34N4O2/c1-19-11-12-25-24(17-19)29-26(20-7-6-10-23(18-20)33-2)31(25)22-13-15-30(16-14-22)27(32)28-21-8-4-3-5-9-21/h6-7,10-12,17-18,21-22H,3-5,8-9,13-16H2,1-2H3,(H,28,32). The minimum atomic E-state index is 0.111. The zero-order valence-electron chi connectivity index (χ0n) is 19.7. The number of nitrogens with zero attached hydrogens (tertiary/aromatic N) is 3. The number of likely N-dealkylation sites (tertiary alicyclic amines) is 1. The molecule has 1 N–H and O–H groups in total. The Morgan fingerprint density at radius 2 is 1.82 bits per heavy atom. The van der Waals surface area contributed by atoms with Crippen molar-refractivity contribution in [2.75, 3.05) is 20.2 Å². The van der Waals surface area contributed by atoms with E-state index in [-0.39, 0.29) is 6.03 Å². The second-order valence-electron chi connectivity index (χ2n) is 9.53. The van der Waals surface area contributed by atoms with E-state index in [2.05, 4.69) is 47.1 Å². The van der Waals surface area contributed by atoms with Gasteiger partial charge in [-0.05, 0) is 62.4 Å². The van der Waals surface area contributed by atoms with E-state index in [0.717, 1.165) is 66.9 Å². The summed E-state index contributed by atoms with van der Waals surface area (Å²) < 4.78 is 7.86. The smallest absolute Gasteiger partial charge is 0.317 e. The summed E-state index contributed by atoms with van der Waals surface area (Å²) >= 11 is 0. The van der Waals surface area contributed by atoms with Gasteiger partial charge in [-0.2, -0.15) is 0 Å². The van der Waals surface area contributed by atoms with Gasteiger partial charge < -0.3 is 19.5 Å². The zero-order valence-corrected chi connectivity index (χ0v) is 19.7. The fourth-order valence-electron chi connectivity index (χ4n) is 5.38. The topological polar surface area (TPSA) is 59.4 Å². The van der Waals surface area contributed by atoms with Crippen molar-refractivity contribution in [2.45, 2.75) is 64.0 Å². The van der Waals surface area contributed by atoms with E-state index in [1.54, 1.807) is 7.11 Å². The molecular formula is C27H34N4O2. The van der Waals surface area contributed by atoms with Gasteiger partial charge in [-0.1, -0.05) is 37.5 Å². The molecule has 2 amide bonds. The summed E-state index contributed by atoms with van der Waals surface area (Å²) in [6.07, 6.45) is 7.84. The number of carbonyl (C=O) groups is 1. The minimum absolute atomic E-state index is 0.111. The van der Waals surface area contributed by atoms with Gasteiger partial charge in [0, 0.05) is 30.7 Å². The molecule has 0 atom stereocenters. The Balaban J connectivity index is 1.38. The van der Waals surface area contributed by atoms with E-state index in [9.17, 15) is 4.79 Å². The van der Waals surface area contributed by atoms with Crippen LogP contribution in [-0.4, -0.2) is 46.7 Å². The quantitative estimate of drug-likeness (QED) is 0.559. The van der Waals surface area contributed by atoms with E-state index in [1.165, 1.54) is 24.8 Å². The number of hydrogen-bond donors (Lipinski definition) is 1. The number of fused-ring (bicyclic) bond motifs is 1. The maximum absolute atomic E-state index is 12.9. The molecule has 1 aromatic heterocycles. The molecule has 33 heavy (non-hydrogen) atoms. The van der Waals surface area contributed by atoms with Crippen molar-refractivity contribution in [3.8, 4) is 17.1 Å². The van der Waals surface area contributed by atoms with Gasteiger partial charge in [0.1, 0.15) is 11.6 Å². The highest BCUT2D eigenvalue weighted by Crippen LogP contribution is 2.35. The van der Waals surface area contributed by atoms with Crippen molar-refractivity contribution in [3.63, 3.8) is 0 Å². The highest BCUT2D eigenvalue weighted by atomic mass is 16.5. The molecule has 1 aliphatic carbocycles. The number of imidazole rings is 1. The van der Waals surface area contributed by atoms with Crippen LogP contribution in [0.2, 0.25) is 0 Å². The number of ether oxygens (including phenoxy) is 1. The molecular weight excluding hydrogens is 412 g/mol. The number of benzene rings is 2. The van der Waals surface area contributed by atoms with Crippen LogP contribution in [0.25, 0.3) is 22.4 Å². The predicted molar refractivity (Wildman–Crippen MR) is 132 cm³/mol. The maximum Gasteiger partial charge on any atom is 0.317 e. The van der Waals surface area contributed by atoms with Gasteiger partial charge >= 0.3 is 6.03 Å². The molecule has 2 heterocycles. The zero-order chi connectivity index (χ0) is 22.8. The molecule has 1 saturated carbocycles. The van der Waals surface area contributed by atoms with Crippen LogP contribution in [0.4, 0.5) is 4.79 Å². The lowest BCUT2D eigenvalue weighted by molar-refractivity contribution is 0.166. The largest absolute Gasteiger partial charge is 0.497 e. The third-order valence-electron chi connectivity index (χ3n) is 7.22. The molecule has 6 heteroatoms. The predicted octanol–water partition coefficient (Wildman–Crippen LogP) is 5.70. The summed E-state index contributed by atoms with van der Waals surface area (Å²) in [7, 11) is 1.69. The highest BCUT2D eigenvalue weighted by Gasteiger charge is 2.28. The molecule has 0 bridgehead atoms. The van der Waals surface area contributed by atoms with Gasteiger partial charge in [0.2, 0.25) is 0 Å². The molecule has 6 nitrogen and oxygen atoms in total. The number of hydrogen-bond acceptors (Lipinski definition) is 3. The summed E-state index contributed by atoms with van der Waals surface area (Å²) in [6, 6.07) is 15.4. The van der Waals surface area contributed by atoms with Crippen LogP contribution in [0.3, 0.4) is 0 Å². The van der Waals surface area contributed by atoms with Gasteiger partial charge in [0.05, 0.1) is 18.1 Å². The monoisotopic (exact) mass is 446 g/mol. The van der Waals surface area contributed by atoms with Gasteiger partial charge in [-0.3, -0.25) is 0 Å². The lowest BCUT2D eigenvalue weighted by atomic mass is 9.95. The van der Waals surface area contributed by atoms with Crippen molar-refractivity contribution in [1.29, 1.82) is 0 Å². The first-order valence-electron chi connectivity index (χ1n) is 12.3. The van der Waals surface area contributed by atoms with Crippen molar-refractivity contribution in [3.05, 3.63) is 48.0 Å². The summed E-state index contributed by atoms with van der Waals surface area (Å²) in [5.41, 5.74) is 4.44. The number of nitrogens with one attached hydrogen (secondary N) is 1. The average molecular weight is 447 g/mol. The number of piperidine rings is 1. The van der Waals surface area contributed by atoms with Crippen LogP contribution in [0, 0.1) is 6.92 Å². The molecule has 1 saturated heterocycles. The summed E-state index contributed by atoms with van der Waals surface area (Å²) in [6.45, 7) is 3.64. The molecule has 5 rings (SSSR count). The molecule has 2 aromatic carbocycles. The Morgan fingerprint density at radius 3 is 2.58 bits per heavy atom. The fraction of sp³-hybridized carbons (Fsp3) is 0.481. The lowest BCUT2D eigenvalue weighted by Crippen LogP contribution is -2.48. The molecule has 2 aliphatic rings. The first-order valence-corrected chi connectivity index (χ1v) is 12.3. The molecule has 0 radical (unpaired) electrons. The SMILES string of the molecule is COc1cccc(-c2nc3cc(C)ccc3n2C2CCN(C(=O)NC3CCCCC3)CC2)c1. The number of urea groups is 1. The minimum Gasteiger partial charge on any atom is -0.497 e. The number of methoxy groups -OCH3 is 1. The fourth-order valence-corrected chi connectivity index (χ4v) is 5.38. The summed E-state index contributed by atoms with van der Waals surface area (Å²) in [4.78, 5) is 19.9. The van der Waals surface area contributed by atoms with Crippen LogP contribution in [0.5, 0.6) is 5.75 Å². The summed E-state index contributed by atoms with van der Waals surface area (Å²) in [5.74, 6) is 1.80. The van der Waals surface area contributed by atoms with E-state index < -0.39 is 0 Å². The third kappa shape index (κ3) is 4.56. The van der Waals surface area contributed by atoms with Gasteiger partial charge in [-0.25, -0.2) is 9.78 Å². The van der Waals surface area contributed by atoms with Crippen molar-refractivity contribution < 1.29 is 9.53 Å². The first-order chi connectivity index (χ1) is 16.1. The molecule has 1 aliphatic heterocycles. The third-order valence-corrected chi connectivity index (χ3v) is 7.22. The van der Waals surface area contributed by atoms with Crippen LogP contribution < -0.4 is 10.1 Å². The Kier molecular flexibility index (Phi) is 6.25. The Morgan fingerprint density at radius 1 is 1.03 bits per heavy atom. The molecule has 0 unspecified atom stereocenters. The molecule has 3 aromatic rings. The molecule has 174 valence electrons. The van der Waals surface area contributed by atoms with Crippen LogP contribution in [0.15, 0.2) is 42.5 Å². The second kappa shape index (κ2) is 9.46. The molecule has 0 spiro atoms. The second-order valence-corrected chi connectivity index (χ2v) is 9.53. The van der Waals surface area contributed by atoms with Gasteiger partial charge in [0.15, 0.2) is 0 Å². The normalized spacial score (nSPS) is 17.9. The van der Waals surface area contributed by atoms with Crippen molar-refractivity contribution in [2.24, 2.45) is 0 Å². The summed E-state index contributed by atoms with van der Waals surface area (Å²) in [5, 5.41) is 3.28. The molecule has 2 fully saturated rings. The average Bonchev–Trinajstić information content (AvgIpc) is 3.23. The van der Waals surface area contributed by atoms with Crippen LogP contribution >= 0.6 is 0 Å². The number of carbonyl (C=O) groups excluding carboxylic acids is 1. The Bertz CT molecular complexity index is 1120. The van der Waals surface area contributed by atoms with E-state index in [1.807, 2.05) is 17.0 Å². The highest BCUT2D eigenvalue weighted by molar-refractivity contribution is 5.82. The van der Waals surface area contributed by atoms with E-state index >= 15 is 0 Å². The van der Waals surface area contributed by atoms with E-state index in [0.29, 0.717) is 12.1 Å². The van der Waals surface area contributed by atoms with Crippen molar-refractivity contribution in [1.82, 2.24) is 19.8 Å². The van der Waals surface area contributed by atoms with Gasteiger partial charge in [-0.15, -0.1) is 0 Å². The Hall–Kier alpha value is -3.02. The number of aryl methyl sites for hydroxylation is 1. The van der Waals surface area contributed by atoms with Crippen LogP contribution in [0.1, 0.15) is 56.6 Å². The first kappa shape index (κ1) is 21.8. The van der Waals surface area contributed by atoms with E-state index in [4.69, 9.17) is 9.72 Å². The van der Waals surface area contributed by atoms with Gasteiger partial charge in [0.25, 0.3) is 0 Å². The Labute approximate surface area is 195 Å². The maximum atomic E-state index is 12.9.